The van der Waals surface area contributed by atoms with Gasteiger partial charge in [-0.05, 0) is 38.3 Å². The smallest absolute Gasteiger partial charge is 0.290 e. The van der Waals surface area contributed by atoms with E-state index in [9.17, 15) is 9.59 Å². The number of carbonyl (C=O) groups excluding carboxylic acids is 2. The lowest BCUT2D eigenvalue weighted by atomic mass is 10.0. The van der Waals surface area contributed by atoms with Crippen molar-refractivity contribution in [2.75, 3.05) is 32.9 Å². The van der Waals surface area contributed by atoms with Gasteiger partial charge in [-0.15, -0.1) is 11.8 Å². The van der Waals surface area contributed by atoms with Gasteiger partial charge in [0.2, 0.25) is 5.91 Å². The summed E-state index contributed by atoms with van der Waals surface area (Å²) in [6.45, 7) is 1.53. The van der Waals surface area contributed by atoms with Gasteiger partial charge in [0, 0.05) is 48.9 Å². The van der Waals surface area contributed by atoms with Gasteiger partial charge in [0.25, 0.3) is 18.9 Å². The third-order valence-electron chi connectivity index (χ3n) is 5.23. The van der Waals surface area contributed by atoms with Crippen LogP contribution in [0.5, 0.6) is 0 Å². The SMILES string of the molecule is CSc1ccccc1C(=O)N[C@H]1CC[C@@H](C(=O)NCCc2cnc[nH]2)CN(C)C1.O=CO.O=CO. The molecule has 2 amide bonds. The van der Waals surface area contributed by atoms with Crippen LogP contribution in [0.2, 0.25) is 0 Å². The number of aromatic nitrogens is 2. The van der Waals surface area contributed by atoms with Crippen LogP contribution in [0.25, 0.3) is 0 Å². The molecule has 2 aromatic rings. The van der Waals surface area contributed by atoms with Crippen molar-refractivity contribution in [3.8, 4) is 0 Å². The van der Waals surface area contributed by atoms with Crippen LogP contribution >= 0.6 is 11.8 Å². The summed E-state index contributed by atoms with van der Waals surface area (Å²) < 4.78 is 0. The third-order valence-corrected chi connectivity index (χ3v) is 6.03. The van der Waals surface area contributed by atoms with E-state index in [1.165, 1.54) is 0 Å². The van der Waals surface area contributed by atoms with Gasteiger partial charge in [0.1, 0.15) is 0 Å². The maximum absolute atomic E-state index is 12.8. The summed E-state index contributed by atoms with van der Waals surface area (Å²) in [7, 11) is 2.01. The predicted octanol–water partition coefficient (Wildman–Crippen LogP) is 1.33. The molecule has 12 heteroatoms. The Kier molecular flexibility index (Phi) is 14.5. The topological polar surface area (TPSA) is 165 Å². The Morgan fingerprint density at radius 2 is 1.89 bits per heavy atom. The molecular weight excluding hydrogens is 474 g/mol. The number of benzene rings is 1. The Morgan fingerprint density at radius 1 is 1.20 bits per heavy atom. The summed E-state index contributed by atoms with van der Waals surface area (Å²) in [6.07, 6.45) is 7.67. The van der Waals surface area contributed by atoms with Crippen LogP contribution < -0.4 is 10.6 Å². The van der Waals surface area contributed by atoms with Crippen LogP contribution in [-0.2, 0) is 20.8 Å². The minimum Gasteiger partial charge on any atom is -0.483 e. The molecule has 2 heterocycles. The summed E-state index contributed by atoms with van der Waals surface area (Å²) in [5, 5.41) is 20.0. The van der Waals surface area contributed by atoms with Crippen LogP contribution in [-0.4, -0.2) is 88.8 Å². The molecule has 1 saturated heterocycles. The molecule has 0 saturated carbocycles. The van der Waals surface area contributed by atoms with Crippen LogP contribution in [0, 0.1) is 5.92 Å². The standard InChI is InChI=1S/C21H29N5O2S.2CH2O2/c1-26-12-15(20(27)23-10-9-16-11-22-14-24-16)7-8-17(13-26)25-21(28)18-5-3-4-6-19(18)29-2;2*2-1-3/h3-6,11,14-15,17H,7-10,12-13H2,1-2H3,(H,22,24)(H,23,27)(H,25,28);2*1H,(H,2,3)/t15-,17+;;/m1../s1. The van der Waals surface area contributed by atoms with E-state index in [0.717, 1.165) is 36.4 Å². The highest BCUT2D eigenvalue weighted by atomic mass is 32.2. The number of imidazole rings is 1. The molecule has 0 spiro atoms. The van der Waals surface area contributed by atoms with Crippen molar-refractivity contribution in [1.29, 1.82) is 0 Å². The van der Waals surface area contributed by atoms with Gasteiger partial charge in [-0.3, -0.25) is 19.2 Å². The molecule has 1 aliphatic heterocycles. The molecule has 1 aliphatic rings. The number of hydrogen-bond acceptors (Lipinski definition) is 7. The number of aromatic amines is 1. The number of rotatable bonds is 7. The van der Waals surface area contributed by atoms with Crippen molar-refractivity contribution in [1.82, 2.24) is 25.5 Å². The summed E-state index contributed by atoms with van der Waals surface area (Å²) in [6, 6.07) is 7.68. The molecule has 5 N–H and O–H groups in total. The van der Waals surface area contributed by atoms with Crippen molar-refractivity contribution < 1.29 is 29.4 Å². The number of nitrogens with zero attached hydrogens (tertiary/aromatic N) is 2. The summed E-state index contributed by atoms with van der Waals surface area (Å²) >= 11 is 1.57. The van der Waals surface area contributed by atoms with E-state index in [1.54, 1.807) is 24.3 Å². The monoisotopic (exact) mass is 507 g/mol. The Hall–Kier alpha value is -3.38. The fourth-order valence-corrected chi connectivity index (χ4v) is 4.32. The molecular formula is C23H33N5O6S. The first kappa shape index (κ1) is 29.7. The number of likely N-dealkylation sites (N-methyl/N-ethyl adjacent to an activating group) is 1. The van der Waals surface area contributed by atoms with Gasteiger partial charge in [-0.2, -0.15) is 0 Å². The molecule has 35 heavy (non-hydrogen) atoms. The molecule has 3 rings (SSSR count). The fourth-order valence-electron chi connectivity index (χ4n) is 3.73. The van der Waals surface area contributed by atoms with E-state index in [2.05, 4.69) is 25.5 Å². The molecule has 0 radical (unpaired) electrons. The molecule has 0 unspecified atom stereocenters. The van der Waals surface area contributed by atoms with E-state index in [-0.39, 0.29) is 36.7 Å². The van der Waals surface area contributed by atoms with Crippen molar-refractivity contribution in [2.24, 2.45) is 5.92 Å². The van der Waals surface area contributed by atoms with Crippen molar-refractivity contribution in [2.45, 2.75) is 30.2 Å². The number of amides is 2. The largest absolute Gasteiger partial charge is 0.483 e. The molecule has 0 aliphatic carbocycles. The first-order valence-corrected chi connectivity index (χ1v) is 12.2. The molecule has 2 atom stereocenters. The summed E-state index contributed by atoms with van der Waals surface area (Å²) in [5.41, 5.74) is 1.72. The Labute approximate surface area is 208 Å². The zero-order valence-corrected chi connectivity index (χ0v) is 20.7. The summed E-state index contributed by atoms with van der Waals surface area (Å²) in [5.74, 6) is -0.0333. The zero-order valence-electron chi connectivity index (χ0n) is 19.8. The second-order valence-corrected chi connectivity index (χ2v) is 8.54. The Bertz CT molecular complexity index is 906. The molecule has 11 nitrogen and oxygen atoms in total. The van der Waals surface area contributed by atoms with Crippen molar-refractivity contribution in [3.05, 3.63) is 48.0 Å². The van der Waals surface area contributed by atoms with E-state index in [0.29, 0.717) is 18.7 Å². The first-order chi connectivity index (χ1) is 16.9. The number of thioether (sulfide) groups is 1. The maximum Gasteiger partial charge on any atom is 0.290 e. The third kappa shape index (κ3) is 11.1. The lowest BCUT2D eigenvalue weighted by molar-refractivity contribution is -0.125. The molecule has 192 valence electrons. The van der Waals surface area contributed by atoms with Crippen LogP contribution in [0.15, 0.2) is 41.7 Å². The Morgan fingerprint density at radius 3 is 2.51 bits per heavy atom. The quantitative estimate of drug-likeness (QED) is 0.275. The van der Waals surface area contributed by atoms with Crippen molar-refractivity contribution in [3.63, 3.8) is 0 Å². The minimum atomic E-state index is -0.250. The average molecular weight is 508 g/mol. The number of nitrogens with one attached hydrogen (secondary N) is 3. The first-order valence-electron chi connectivity index (χ1n) is 10.9. The highest BCUT2D eigenvalue weighted by Crippen LogP contribution is 2.21. The average Bonchev–Trinajstić information content (AvgIpc) is 3.28. The molecule has 1 fully saturated rings. The molecule has 1 aromatic carbocycles. The van der Waals surface area contributed by atoms with Crippen LogP contribution in [0.1, 0.15) is 28.9 Å². The van der Waals surface area contributed by atoms with E-state index in [4.69, 9.17) is 19.8 Å². The second kappa shape index (κ2) is 17.1. The number of carboxylic acid groups (broad SMARTS) is 2. The molecule has 0 bridgehead atoms. The number of carbonyl (C=O) groups is 4. The van der Waals surface area contributed by atoms with E-state index < -0.39 is 0 Å². The van der Waals surface area contributed by atoms with Crippen molar-refractivity contribution >= 4 is 36.5 Å². The van der Waals surface area contributed by atoms with Crippen LogP contribution in [0.3, 0.4) is 0 Å². The van der Waals surface area contributed by atoms with E-state index in [1.807, 2.05) is 37.6 Å². The normalized spacial score (nSPS) is 17.3. The highest BCUT2D eigenvalue weighted by Gasteiger charge is 2.27. The maximum atomic E-state index is 12.8. The van der Waals surface area contributed by atoms with Gasteiger partial charge >= 0.3 is 0 Å². The fraction of sp³-hybridized carbons (Fsp3) is 0.435. The lowest BCUT2D eigenvalue weighted by Crippen LogP contribution is -2.42. The number of H-pyrrole nitrogens is 1. The molecule has 1 aromatic heterocycles. The Balaban J connectivity index is 0.000000926. The predicted molar refractivity (Wildman–Crippen MR) is 132 cm³/mol. The van der Waals surface area contributed by atoms with Gasteiger partial charge < -0.3 is 30.7 Å². The summed E-state index contributed by atoms with van der Waals surface area (Å²) in [4.78, 5) is 52.2. The second-order valence-electron chi connectivity index (χ2n) is 7.69. The minimum absolute atomic E-state index is 0.0326. The van der Waals surface area contributed by atoms with Gasteiger partial charge in [-0.25, -0.2) is 4.98 Å². The van der Waals surface area contributed by atoms with E-state index >= 15 is 0 Å². The number of likely N-dealkylation sites (tertiary alicyclic amines) is 1. The number of hydrogen-bond donors (Lipinski definition) is 5. The lowest BCUT2D eigenvalue weighted by Gasteiger charge is -2.22. The highest BCUT2D eigenvalue weighted by molar-refractivity contribution is 7.98. The van der Waals surface area contributed by atoms with Gasteiger partial charge in [-0.1, -0.05) is 12.1 Å². The zero-order chi connectivity index (χ0) is 26.1. The van der Waals surface area contributed by atoms with Gasteiger partial charge in [0.05, 0.1) is 17.8 Å². The van der Waals surface area contributed by atoms with Crippen LogP contribution in [0.4, 0.5) is 0 Å². The van der Waals surface area contributed by atoms with Gasteiger partial charge in [0.15, 0.2) is 0 Å².